The Kier molecular flexibility index (Phi) is 6.91. The van der Waals surface area contributed by atoms with Crippen molar-refractivity contribution in [1.82, 2.24) is 0 Å². The molecule has 0 fully saturated rings. The molecular formula is C28H18CoO6. The van der Waals surface area contributed by atoms with E-state index in [0.29, 0.717) is 35.5 Å². The van der Waals surface area contributed by atoms with Gasteiger partial charge in [0.05, 0.1) is 11.9 Å². The van der Waals surface area contributed by atoms with Crippen LogP contribution in [0.2, 0.25) is 0 Å². The molecule has 0 N–H and O–H groups in total. The number of carbonyl (C=O) groups excluding carboxylic acids is 2. The van der Waals surface area contributed by atoms with Gasteiger partial charge in [0.2, 0.25) is 0 Å². The number of hydrogen-bond acceptors (Lipinski definition) is 6. The zero-order valence-corrected chi connectivity index (χ0v) is 19.3. The second-order valence-corrected chi connectivity index (χ2v) is 7.91. The maximum absolute atomic E-state index is 11.0. The van der Waals surface area contributed by atoms with Crippen molar-refractivity contribution in [1.29, 1.82) is 0 Å². The molecule has 0 saturated carbocycles. The van der Waals surface area contributed by atoms with Gasteiger partial charge in [0.15, 0.2) is 0 Å². The molecule has 6 rings (SSSR count). The molecule has 0 aliphatic carbocycles. The summed E-state index contributed by atoms with van der Waals surface area (Å²) in [4.78, 5) is 22.0. The van der Waals surface area contributed by atoms with E-state index in [0.717, 1.165) is 22.6 Å². The van der Waals surface area contributed by atoms with Gasteiger partial charge in [-0.25, -0.2) is 0 Å². The van der Waals surface area contributed by atoms with Gasteiger partial charge in [0.25, 0.3) is 0 Å². The summed E-state index contributed by atoms with van der Waals surface area (Å²) in [5.41, 5.74) is 3.77. The predicted octanol–water partition coefficient (Wildman–Crippen LogP) is 3.49. The number of para-hydroxylation sites is 2. The van der Waals surface area contributed by atoms with E-state index in [-0.39, 0.29) is 27.9 Å². The SMILES string of the molecule is O=C([O-])c1cccc2c1Cc1ccccc1O2.O=C([O-])c1cccc2c1Cc1ccccc1O2.[Co+2]. The van der Waals surface area contributed by atoms with Crippen LogP contribution in [0.15, 0.2) is 84.9 Å². The fourth-order valence-electron chi connectivity index (χ4n) is 4.19. The first-order valence-corrected chi connectivity index (χ1v) is 10.7. The number of carboxylic acids is 2. The minimum absolute atomic E-state index is 0. The fraction of sp³-hybridized carbons (Fsp3) is 0.0714. The summed E-state index contributed by atoms with van der Waals surface area (Å²) in [6, 6.07) is 25.2. The van der Waals surface area contributed by atoms with Crippen molar-refractivity contribution in [2.24, 2.45) is 0 Å². The van der Waals surface area contributed by atoms with Gasteiger partial charge in [-0.05, 0) is 35.4 Å². The van der Waals surface area contributed by atoms with Gasteiger partial charge in [-0.2, -0.15) is 0 Å². The molecular weight excluding hydrogens is 491 g/mol. The molecule has 0 bridgehead atoms. The largest absolute Gasteiger partial charge is 2.00 e. The third-order valence-corrected chi connectivity index (χ3v) is 5.83. The van der Waals surface area contributed by atoms with E-state index >= 15 is 0 Å². The molecule has 0 amide bonds. The number of fused-ring (bicyclic) bond motifs is 4. The molecule has 4 aromatic carbocycles. The number of benzene rings is 4. The van der Waals surface area contributed by atoms with Gasteiger partial charge < -0.3 is 29.3 Å². The first-order chi connectivity index (χ1) is 16.5. The summed E-state index contributed by atoms with van der Waals surface area (Å²) in [6.45, 7) is 0. The molecule has 4 aromatic rings. The number of hydrogen-bond donors (Lipinski definition) is 0. The van der Waals surface area contributed by atoms with Gasteiger partial charge in [-0.15, -0.1) is 0 Å². The Hall–Kier alpha value is -4.07. The Morgan fingerprint density at radius 1 is 0.543 bits per heavy atom. The van der Waals surface area contributed by atoms with Crippen molar-refractivity contribution >= 4 is 11.9 Å². The van der Waals surface area contributed by atoms with Crippen molar-refractivity contribution in [3.05, 3.63) is 118 Å². The Balaban J connectivity index is 0.000000160. The number of carboxylic acid groups (broad SMARTS) is 2. The van der Waals surface area contributed by atoms with Gasteiger partial charge in [-0.3, -0.25) is 0 Å². The summed E-state index contributed by atoms with van der Waals surface area (Å²) < 4.78 is 11.4. The zero-order valence-electron chi connectivity index (χ0n) is 18.3. The van der Waals surface area contributed by atoms with Crippen LogP contribution >= 0.6 is 0 Å². The van der Waals surface area contributed by atoms with E-state index in [1.54, 1.807) is 36.4 Å². The minimum atomic E-state index is -1.16. The minimum Gasteiger partial charge on any atom is -0.545 e. The van der Waals surface area contributed by atoms with Crippen molar-refractivity contribution in [3.63, 3.8) is 0 Å². The van der Waals surface area contributed by atoms with E-state index in [1.807, 2.05) is 48.5 Å². The normalized spacial score (nSPS) is 11.9. The van der Waals surface area contributed by atoms with Crippen molar-refractivity contribution in [2.45, 2.75) is 12.8 Å². The zero-order chi connectivity index (χ0) is 23.7. The monoisotopic (exact) mass is 509 g/mol. The van der Waals surface area contributed by atoms with E-state index in [9.17, 15) is 19.8 Å². The Morgan fingerprint density at radius 3 is 1.31 bits per heavy atom. The number of ether oxygens (including phenoxy) is 2. The first kappa shape index (κ1) is 24.1. The maximum Gasteiger partial charge on any atom is 2.00 e. The van der Waals surface area contributed by atoms with Gasteiger partial charge in [-0.1, -0.05) is 60.7 Å². The summed E-state index contributed by atoms with van der Waals surface area (Å²) >= 11 is 0. The molecule has 0 spiro atoms. The standard InChI is InChI=1S/2C14H10O3.Co/c2*15-14(16)10-5-3-7-13-11(10)8-9-4-1-2-6-12(9)17-13;/h2*1-7H,8H2,(H,15,16);/q;;+2/p-2. The molecule has 175 valence electrons. The molecule has 0 atom stereocenters. The van der Waals surface area contributed by atoms with Crippen LogP contribution in [-0.2, 0) is 29.6 Å². The smallest absolute Gasteiger partial charge is 0.545 e. The topological polar surface area (TPSA) is 98.7 Å². The third kappa shape index (κ3) is 4.77. The van der Waals surface area contributed by atoms with Crippen molar-refractivity contribution < 1.29 is 46.1 Å². The molecule has 2 aliphatic heterocycles. The van der Waals surface area contributed by atoms with Crippen molar-refractivity contribution in [2.75, 3.05) is 0 Å². The number of aromatic carboxylic acids is 2. The Morgan fingerprint density at radius 2 is 0.914 bits per heavy atom. The van der Waals surface area contributed by atoms with Crippen LogP contribution in [-0.4, -0.2) is 11.9 Å². The molecule has 7 heteroatoms. The summed E-state index contributed by atoms with van der Waals surface area (Å²) in [7, 11) is 0. The maximum atomic E-state index is 11.0. The third-order valence-electron chi connectivity index (χ3n) is 5.83. The van der Waals surface area contributed by atoms with Gasteiger partial charge >= 0.3 is 16.8 Å². The molecule has 0 aromatic heterocycles. The van der Waals surface area contributed by atoms with Crippen LogP contribution < -0.4 is 19.7 Å². The van der Waals surface area contributed by atoms with Crippen LogP contribution in [0.1, 0.15) is 43.0 Å². The predicted molar refractivity (Wildman–Crippen MR) is 120 cm³/mol. The fourth-order valence-corrected chi connectivity index (χ4v) is 4.19. The number of rotatable bonds is 2. The van der Waals surface area contributed by atoms with E-state index < -0.39 is 11.9 Å². The Labute approximate surface area is 212 Å². The van der Waals surface area contributed by atoms with Gasteiger partial charge in [0, 0.05) is 35.1 Å². The quantitative estimate of drug-likeness (QED) is 0.355. The van der Waals surface area contributed by atoms with Gasteiger partial charge in [0.1, 0.15) is 23.0 Å². The summed E-state index contributed by atoms with van der Waals surface area (Å²) in [6.07, 6.45) is 1.13. The molecule has 0 unspecified atom stereocenters. The number of carbonyl (C=O) groups is 2. The first-order valence-electron chi connectivity index (χ1n) is 10.7. The molecule has 2 aliphatic rings. The average molecular weight is 509 g/mol. The molecule has 6 nitrogen and oxygen atoms in total. The van der Waals surface area contributed by atoms with Crippen LogP contribution in [0, 0.1) is 0 Å². The second kappa shape index (κ2) is 10.0. The molecule has 35 heavy (non-hydrogen) atoms. The Bertz CT molecular complexity index is 1320. The molecule has 2 heterocycles. The van der Waals surface area contributed by atoms with E-state index in [4.69, 9.17) is 9.47 Å². The van der Waals surface area contributed by atoms with Crippen molar-refractivity contribution in [3.8, 4) is 23.0 Å². The second-order valence-electron chi connectivity index (χ2n) is 7.91. The van der Waals surface area contributed by atoms with Crippen LogP contribution in [0.3, 0.4) is 0 Å². The molecule has 0 saturated heterocycles. The van der Waals surface area contributed by atoms with E-state index in [1.165, 1.54) is 0 Å². The van der Waals surface area contributed by atoms with Crippen LogP contribution in [0.5, 0.6) is 23.0 Å². The molecule has 1 radical (unpaired) electrons. The van der Waals surface area contributed by atoms with Crippen LogP contribution in [0.25, 0.3) is 0 Å². The van der Waals surface area contributed by atoms with Crippen LogP contribution in [0.4, 0.5) is 0 Å². The average Bonchev–Trinajstić information content (AvgIpc) is 2.85. The van der Waals surface area contributed by atoms with E-state index in [2.05, 4.69) is 0 Å². The summed E-state index contributed by atoms with van der Waals surface area (Å²) in [5, 5.41) is 22.0. The summed E-state index contributed by atoms with van der Waals surface area (Å²) in [5.74, 6) is 0.455.